The first-order valence-electron chi connectivity index (χ1n) is 7.76. The van der Waals surface area contributed by atoms with E-state index in [1.54, 1.807) is 17.5 Å². The second kappa shape index (κ2) is 5.99. The lowest BCUT2D eigenvalue weighted by atomic mass is 10.1. The Bertz CT molecular complexity index is 1250. The number of hydrogen-bond acceptors (Lipinski definition) is 5. The van der Waals surface area contributed by atoms with Crippen molar-refractivity contribution in [2.45, 2.75) is 0 Å². The number of phenols is 1. The molecule has 0 spiro atoms. The SMILES string of the molecule is NC(=O)c1cc(-c2cn(-c3c(O)cc(N)cc3F)c3cc[nH]c(=O)c23)cs1. The summed E-state index contributed by atoms with van der Waals surface area (Å²) in [6.07, 6.45) is 2.96. The van der Waals surface area contributed by atoms with E-state index in [0.29, 0.717) is 26.9 Å². The Morgan fingerprint density at radius 2 is 2.07 bits per heavy atom. The quantitative estimate of drug-likeness (QED) is 0.405. The molecule has 0 saturated heterocycles. The number of halogens is 1. The van der Waals surface area contributed by atoms with Gasteiger partial charge in [-0.1, -0.05) is 0 Å². The van der Waals surface area contributed by atoms with Crippen LogP contribution in [-0.4, -0.2) is 20.6 Å². The number of hydrogen-bond donors (Lipinski definition) is 4. The van der Waals surface area contributed by atoms with Crippen molar-refractivity contribution in [3.05, 3.63) is 63.1 Å². The number of benzene rings is 1. The van der Waals surface area contributed by atoms with Gasteiger partial charge in [0.1, 0.15) is 11.4 Å². The molecule has 3 aromatic heterocycles. The summed E-state index contributed by atoms with van der Waals surface area (Å²) in [4.78, 5) is 26.8. The van der Waals surface area contributed by atoms with Gasteiger partial charge in [-0.05, 0) is 29.1 Å². The van der Waals surface area contributed by atoms with Gasteiger partial charge >= 0.3 is 0 Å². The molecule has 136 valence electrons. The number of aromatic nitrogens is 2. The van der Waals surface area contributed by atoms with Crippen molar-refractivity contribution in [2.75, 3.05) is 5.73 Å². The number of thiophene rings is 1. The fourth-order valence-corrected chi connectivity index (χ4v) is 3.81. The standard InChI is InChI=1S/C18H13FN4O3S/c19-11-4-9(20)5-13(24)16(11)23-6-10(8-3-14(17(21)25)27-7-8)15-12(23)1-2-22-18(15)26/h1-7,24H,20H2,(H2,21,25)(H,22,26). The predicted molar refractivity (Wildman–Crippen MR) is 102 cm³/mol. The molecule has 1 aromatic carbocycles. The van der Waals surface area contributed by atoms with Crippen LogP contribution in [0.1, 0.15) is 9.67 Å². The van der Waals surface area contributed by atoms with E-state index in [0.717, 1.165) is 17.4 Å². The Kier molecular flexibility index (Phi) is 3.74. The van der Waals surface area contributed by atoms with Crippen LogP contribution in [0.15, 0.2) is 46.8 Å². The minimum Gasteiger partial charge on any atom is -0.506 e. The molecular formula is C18H13FN4O3S. The molecule has 3 heterocycles. The Morgan fingerprint density at radius 3 is 2.74 bits per heavy atom. The second-order valence-corrected chi connectivity index (χ2v) is 6.83. The van der Waals surface area contributed by atoms with Gasteiger partial charge < -0.3 is 26.1 Å². The van der Waals surface area contributed by atoms with Crippen LogP contribution in [0.4, 0.5) is 10.1 Å². The van der Waals surface area contributed by atoms with Crippen molar-refractivity contribution in [3.63, 3.8) is 0 Å². The van der Waals surface area contributed by atoms with Crippen LogP contribution in [-0.2, 0) is 0 Å². The van der Waals surface area contributed by atoms with Gasteiger partial charge in [0.2, 0.25) is 0 Å². The summed E-state index contributed by atoms with van der Waals surface area (Å²) in [6, 6.07) is 5.48. The molecule has 0 aliphatic heterocycles. The average Bonchev–Trinajstić information content (AvgIpc) is 3.20. The number of rotatable bonds is 3. The van der Waals surface area contributed by atoms with Crippen molar-refractivity contribution in [1.82, 2.24) is 9.55 Å². The van der Waals surface area contributed by atoms with E-state index >= 15 is 0 Å². The summed E-state index contributed by atoms with van der Waals surface area (Å²) in [7, 11) is 0. The molecule has 0 atom stereocenters. The lowest BCUT2D eigenvalue weighted by molar-refractivity contribution is 0.100. The number of carbonyl (C=O) groups excluding carboxylic acids is 1. The van der Waals surface area contributed by atoms with E-state index in [-0.39, 0.29) is 22.7 Å². The van der Waals surface area contributed by atoms with Crippen LogP contribution in [0.5, 0.6) is 5.75 Å². The van der Waals surface area contributed by atoms with Crippen LogP contribution in [0, 0.1) is 5.82 Å². The number of carbonyl (C=O) groups is 1. The Balaban J connectivity index is 2.06. The zero-order valence-corrected chi connectivity index (χ0v) is 14.5. The number of nitrogens with zero attached hydrogens (tertiary/aromatic N) is 1. The molecule has 9 heteroatoms. The number of fused-ring (bicyclic) bond motifs is 1. The van der Waals surface area contributed by atoms with E-state index in [1.165, 1.54) is 23.0 Å². The lowest BCUT2D eigenvalue weighted by Gasteiger charge is -2.10. The van der Waals surface area contributed by atoms with Gasteiger partial charge in [-0.2, -0.15) is 0 Å². The Labute approximate surface area is 155 Å². The highest BCUT2D eigenvalue weighted by Crippen LogP contribution is 2.36. The van der Waals surface area contributed by atoms with Gasteiger partial charge in [-0.3, -0.25) is 9.59 Å². The largest absolute Gasteiger partial charge is 0.506 e. The maximum atomic E-state index is 14.5. The third-order valence-corrected chi connectivity index (χ3v) is 5.13. The molecule has 6 N–H and O–H groups in total. The number of anilines is 1. The highest BCUT2D eigenvalue weighted by molar-refractivity contribution is 7.12. The molecule has 27 heavy (non-hydrogen) atoms. The minimum absolute atomic E-state index is 0.0761. The summed E-state index contributed by atoms with van der Waals surface area (Å²) < 4.78 is 15.9. The van der Waals surface area contributed by atoms with Gasteiger partial charge in [-0.25, -0.2) is 4.39 Å². The zero-order chi connectivity index (χ0) is 19.3. The Morgan fingerprint density at radius 1 is 1.30 bits per heavy atom. The first-order chi connectivity index (χ1) is 12.9. The fraction of sp³-hybridized carbons (Fsp3) is 0. The number of nitrogens with two attached hydrogens (primary N) is 2. The minimum atomic E-state index is -0.737. The molecule has 7 nitrogen and oxygen atoms in total. The van der Waals surface area contributed by atoms with E-state index in [2.05, 4.69) is 4.98 Å². The highest BCUT2D eigenvalue weighted by Gasteiger charge is 2.20. The van der Waals surface area contributed by atoms with E-state index in [4.69, 9.17) is 11.5 Å². The number of phenolic OH excluding ortho intramolecular Hbond substituents is 1. The molecule has 0 radical (unpaired) electrons. The summed E-state index contributed by atoms with van der Waals surface area (Å²) in [5, 5.41) is 12.2. The predicted octanol–water partition coefficient (Wildman–Crippen LogP) is 2.57. The molecule has 0 aliphatic carbocycles. The Hall–Kier alpha value is -3.59. The maximum Gasteiger partial charge on any atom is 0.258 e. The van der Waals surface area contributed by atoms with Crippen molar-refractivity contribution in [3.8, 4) is 22.6 Å². The highest BCUT2D eigenvalue weighted by atomic mass is 32.1. The number of H-pyrrole nitrogens is 1. The number of aromatic amines is 1. The van der Waals surface area contributed by atoms with Crippen molar-refractivity contribution in [1.29, 1.82) is 0 Å². The van der Waals surface area contributed by atoms with Crippen LogP contribution in [0.3, 0.4) is 0 Å². The van der Waals surface area contributed by atoms with Crippen LogP contribution >= 0.6 is 11.3 Å². The third kappa shape index (κ3) is 2.64. The van der Waals surface area contributed by atoms with Gasteiger partial charge in [0, 0.05) is 29.7 Å². The fourth-order valence-electron chi connectivity index (χ4n) is 3.05. The van der Waals surface area contributed by atoms with Gasteiger partial charge in [0.15, 0.2) is 5.82 Å². The average molecular weight is 384 g/mol. The molecule has 4 rings (SSSR count). The normalized spacial score (nSPS) is 11.1. The van der Waals surface area contributed by atoms with E-state index < -0.39 is 11.7 Å². The van der Waals surface area contributed by atoms with Crippen molar-refractivity contribution in [2.24, 2.45) is 5.73 Å². The first-order valence-corrected chi connectivity index (χ1v) is 8.64. The van der Waals surface area contributed by atoms with Gasteiger partial charge in [-0.15, -0.1) is 11.3 Å². The molecule has 4 aromatic rings. The molecular weight excluding hydrogens is 371 g/mol. The van der Waals surface area contributed by atoms with Crippen LogP contribution in [0.25, 0.3) is 27.7 Å². The topological polar surface area (TPSA) is 127 Å². The van der Waals surface area contributed by atoms with Crippen molar-refractivity contribution >= 4 is 33.8 Å². The van der Waals surface area contributed by atoms with Crippen LogP contribution in [0.2, 0.25) is 0 Å². The lowest BCUT2D eigenvalue weighted by Crippen LogP contribution is -2.08. The maximum absolute atomic E-state index is 14.5. The van der Waals surface area contributed by atoms with Gasteiger partial charge in [0.25, 0.3) is 11.5 Å². The van der Waals surface area contributed by atoms with E-state index in [1.807, 2.05) is 0 Å². The first kappa shape index (κ1) is 16.9. The molecule has 0 fully saturated rings. The van der Waals surface area contributed by atoms with Gasteiger partial charge in [0.05, 0.1) is 15.8 Å². The number of nitrogens with one attached hydrogen (secondary N) is 1. The summed E-state index contributed by atoms with van der Waals surface area (Å²) in [6.45, 7) is 0. The number of primary amides is 1. The molecule has 0 bridgehead atoms. The number of aromatic hydroxyl groups is 1. The molecule has 0 saturated carbocycles. The number of amides is 1. The molecule has 0 aliphatic rings. The number of pyridine rings is 1. The third-order valence-electron chi connectivity index (χ3n) is 4.19. The number of nitrogen functional groups attached to an aromatic ring is 1. The second-order valence-electron chi connectivity index (χ2n) is 5.91. The summed E-state index contributed by atoms with van der Waals surface area (Å²) >= 11 is 1.14. The molecule has 1 amide bonds. The van der Waals surface area contributed by atoms with E-state index in [9.17, 15) is 19.1 Å². The summed E-state index contributed by atoms with van der Waals surface area (Å²) in [5.74, 6) is -1.68. The zero-order valence-electron chi connectivity index (χ0n) is 13.7. The summed E-state index contributed by atoms with van der Waals surface area (Å²) in [5.41, 5.74) is 11.9. The van der Waals surface area contributed by atoms with Crippen LogP contribution < -0.4 is 17.0 Å². The molecule has 0 unspecified atom stereocenters. The smallest absolute Gasteiger partial charge is 0.258 e. The monoisotopic (exact) mass is 384 g/mol. The van der Waals surface area contributed by atoms with Crippen molar-refractivity contribution < 1.29 is 14.3 Å².